The molecular formula is C18H22N4O4. The molecule has 8 heteroatoms. The fourth-order valence-corrected chi connectivity index (χ4v) is 3.36. The maximum Gasteiger partial charge on any atom is 0.223 e. The maximum absolute atomic E-state index is 12.8. The molecule has 26 heavy (non-hydrogen) atoms. The smallest absolute Gasteiger partial charge is 0.223 e. The molecule has 1 fully saturated rings. The van der Waals surface area contributed by atoms with Gasteiger partial charge in [0.2, 0.25) is 5.91 Å². The number of carbonyl (C=O) groups excluding carboxylic acids is 1. The highest BCUT2D eigenvalue weighted by Crippen LogP contribution is 2.31. The summed E-state index contributed by atoms with van der Waals surface area (Å²) >= 11 is 0. The summed E-state index contributed by atoms with van der Waals surface area (Å²) in [7, 11) is 1.83. The molecule has 2 aliphatic rings. The van der Waals surface area contributed by atoms with Gasteiger partial charge in [-0.3, -0.25) is 9.48 Å². The summed E-state index contributed by atoms with van der Waals surface area (Å²) in [6.07, 6.45) is 2.58. The Labute approximate surface area is 151 Å². The third kappa shape index (κ3) is 3.37. The van der Waals surface area contributed by atoms with Crippen molar-refractivity contribution >= 4 is 5.91 Å². The number of ether oxygens (including phenoxy) is 3. The van der Waals surface area contributed by atoms with E-state index >= 15 is 0 Å². The van der Waals surface area contributed by atoms with Crippen LogP contribution in [0.4, 0.5) is 0 Å². The molecule has 1 aromatic carbocycles. The topological polar surface area (TPSA) is 78.7 Å². The SMILES string of the molecule is Cn1ncnc1C1COCCN1C(=O)CCc1ccc2c(c1)OCCO2. The Balaban J connectivity index is 1.43. The molecule has 0 saturated carbocycles. The van der Waals surface area contributed by atoms with Crippen molar-refractivity contribution in [3.63, 3.8) is 0 Å². The molecule has 8 nitrogen and oxygen atoms in total. The van der Waals surface area contributed by atoms with E-state index in [0.29, 0.717) is 45.8 Å². The van der Waals surface area contributed by atoms with Crippen molar-refractivity contribution in [2.45, 2.75) is 18.9 Å². The molecule has 1 saturated heterocycles. The van der Waals surface area contributed by atoms with Crippen molar-refractivity contribution in [2.75, 3.05) is 33.0 Å². The summed E-state index contributed by atoms with van der Waals surface area (Å²) in [5, 5.41) is 4.11. The minimum atomic E-state index is -0.191. The lowest BCUT2D eigenvalue weighted by Gasteiger charge is -2.35. The minimum absolute atomic E-state index is 0.0937. The molecule has 1 amide bonds. The molecule has 4 rings (SSSR count). The lowest BCUT2D eigenvalue weighted by molar-refractivity contribution is -0.140. The summed E-state index contributed by atoms with van der Waals surface area (Å²) < 4.78 is 18.4. The lowest BCUT2D eigenvalue weighted by atomic mass is 10.1. The quantitative estimate of drug-likeness (QED) is 0.815. The van der Waals surface area contributed by atoms with E-state index < -0.39 is 0 Å². The number of carbonyl (C=O) groups is 1. The molecule has 2 aromatic rings. The number of benzene rings is 1. The van der Waals surface area contributed by atoms with Crippen LogP contribution in [-0.2, 0) is 23.0 Å². The van der Waals surface area contributed by atoms with Crippen LogP contribution in [-0.4, -0.2) is 58.5 Å². The maximum atomic E-state index is 12.8. The number of morpholine rings is 1. The number of aryl methyl sites for hydroxylation is 2. The number of nitrogens with zero attached hydrogens (tertiary/aromatic N) is 4. The van der Waals surface area contributed by atoms with E-state index in [4.69, 9.17) is 14.2 Å². The molecule has 0 aliphatic carbocycles. The number of fused-ring (bicyclic) bond motifs is 1. The van der Waals surface area contributed by atoms with Crippen LogP contribution in [0.2, 0.25) is 0 Å². The highest BCUT2D eigenvalue weighted by Gasteiger charge is 2.31. The third-order valence-corrected chi connectivity index (χ3v) is 4.73. The Morgan fingerprint density at radius 3 is 2.88 bits per heavy atom. The van der Waals surface area contributed by atoms with Gasteiger partial charge in [-0.05, 0) is 24.1 Å². The van der Waals surface area contributed by atoms with Crippen LogP contribution in [0.25, 0.3) is 0 Å². The van der Waals surface area contributed by atoms with E-state index in [1.165, 1.54) is 6.33 Å². The van der Waals surface area contributed by atoms with Gasteiger partial charge in [-0.2, -0.15) is 5.10 Å². The predicted octanol–water partition coefficient (Wildman–Crippen LogP) is 1.12. The predicted molar refractivity (Wildman–Crippen MR) is 92.0 cm³/mol. The fraction of sp³-hybridized carbons (Fsp3) is 0.500. The Morgan fingerprint density at radius 1 is 1.23 bits per heavy atom. The van der Waals surface area contributed by atoms with Crippen LogP contribution < -0.4 is 9.47 Å². The van der Waals surface area contributed by atoms with Crippen molar-refractivity contribution in [1.82, 2.24) is 19.7 Å². The minimum Gasteiger partial charge on any atom is -0.486 e. The fourth-order valence-electron chi connectivity index (χ4n) is 3.36. The average Bonchev–Trinajstić information content (AvgIpc) is 3.11. The van der Waals surface area contributed by atoms with E-state index in [1.54, 1.807) is 4.68 Å². The number of rotatable bonds is 4. The van der Waals surface area contributed by atoms with Crippen LogP contribution in [0.3, 0.4) is 0 Å². The van der Waals surface area contributed by atoms with Crippen molar-refractivity contribution in [2.24, 2.45) is 7.05 Å². The molecule has 2 aliphatic heterocycles. The van der Waals surface area contributed by atoms with Gasteiger partial charge in [0.05, 0.1) is 13.2 Å². The first-order valence-electron chi connectivity index (χ1n) is 8.82. The average molecular weight is 358 g/mol. The first-order chi connectivity index (χ1) is 12.7. The van der Waals surface area contributed by atoms with Gasteiger partial charge in [-0.15, -0.1) is 0 Å². The van der Waals surface area contributed by atoms with E-state index in [-0.39, 0.29) is 11.9 Å². The summed E-state index contributed by atoms with van der Waals surface area (Å²) in [6, 6.07) is 5.66. The van der Waals surface area contributed by atoms with Crippen molar-refractivity contribution in [3.05, 3.63) is 35.9 Å². The normalized spacial score (nSPS) is 19.4. The molecular weight excluding hydrogens is 336 g/mol. The van der Waals surface area contributed by atoms with Crippen LogP contribution in [0, 0.1) is 0 Å². The Bertz CT molecular complexity index is 791. The molecule has 0 radical (unpaired) electrons. The lowest BCUT2D eigenvalue weighted by Crippen LogP contribution is -2.44. The zero-order valence-electron chi connectivity index (χ0n) is 14.8. The van der Waals surface area contributed by atoms with E-state index in [0.717, 1.165) is 22.9 Å². The highest BCUT2D eigenvalue weighted by atomic mass is 16.6. The van der Waals surface area contributed by atoms with E-state index in [9.17, 15) is 4.79 Å². The van der Waals surface area contributed by atoms with Gasteiger partial charge in [0.25, 0.3) is 0 Å². The summed E-state index contributed by atoms with van der Waals surface area (Å²) in [5.74, 6) is 2.36. The second-order valence-corrected chi connectivity index (χ2v) is 6.40. The second-order valence-electron chi connectivity index (χ2n) is 6.40. The summed E-state index contributed by atoms with van der Waals surface area (Å²) in [6.45, 7) is 2.69. The molecule has 1 atom stereocenters. The molecule has 138 valence electrons. The zero-order valence-corrected chi connectivity index (χ0v) is 14.8. The Kier molecular flexibility index (Phi) is 4.75. The largest absolute Gasteiger partial charge is 0.486 e. The van der Waals surface area contributed by atoms with Crippen molar-refractivity contribution in [1.29, 1.82) is 0 Å². The molecule has 0 bridgehead atoms. The van der Waals surface area contributed by atoms with Gasteiger partial charge in [0.1, 0.15) is 25.6 Å². The van der Waals surface area contributed by atoms with Crippen molar-refractivity contribution in [3.8, 4) is 11.5 Å². The van der Waals surface area contributed by atoms with Crippen LogP contribution in [0.5, 0.6) is 11.5 Å². The molecule has 1 aromatic heterocycles. The Morgan fingerprint density at radius 2 is 2.08 bits per heavy atom. The van der Waals surface area contributed by atoms with Crippen molar-refractivity contribution < 1.29 is 19.0 Å². The van der Waals surface area contributed by atoms with Gasteiger partial charge < -0.3 is 19.1 Å². The van der Waals surface area contributed by atoms with Gasteiger partial charge >= 0.3 is 0 Å². The van der Waals surface area contributed by atoms with E-state index in [2.05, 4.69) is 10.1 Å². The third-order valence-electron chi connectivity index (χ3n) is 4.73. The van der Waals surface area contributed by atoms with Gasteiger partial charge in [-0.1, -0.05) is 6.07 Å². The van der Waals surface area contributed by atoms with Crippen LogP contribution in [0.1, 0.15) is 23.9 Å². The Hall–Kier alpha value is -2.61. The number of hydrogen-bond donors (Lipinski definition) is 0. The second kappa shape index (κ2) is 7.33. The number of hydrogen-bond acceptors (Lipinski definition) is 6. The molecule has 0 spiro atoms. The molecule has 3 heterocycles. The van der Waals surface area contributed by atoms with Crippen LogP contribution in [0.15, 0.2) is 24.5 Å². The van der Waals surface area contributed by atoms with Gasteiger partial charge in [0, 0.05) is 20.0 Å². The molecule has 0 N–H and O–H groups in total. The summed E-state index contributed by atoms with van der Waals surface area (Å²) in [4.78, 5) is 19.0. The first kappa shape index (κ1) is 16.8. The number of amides is 1. The van der Waals surface area contributed by atoms with Gasteiger partial charge in [-0.25, -0.2) is 4.98 Å². The van der Waals surface area contributed by atoms with Gasteiger partial charge in [0.15, 0.2) is 17.3 Å². The van der Waals surface area contributed by atoms with E-state index in [1.807, 2.05) is 30.1 Å². The molecule has 1 unspecified atom stereocenters. The monoisotopic (exact) mass is 358 g/mol. The zero-order chi connectivity index (χ0) is 17.9. The number of aromatic nitrogens is 3. The summed E-state index contributed by atoms with van der Waals surface area (Å²) in [5.41, 5.74) is 1.06. The highest BCUT2D eigenvalue weighted by molar-refractivity contribution is 5.77. The first-order valence-corrected chi connectivity index (χ1v) is 8.82. The standard InChI is InChI=1S/C18H22N4O4/c1-21-18(19-12-20-21)14-11-24-7-6-22(14)17(23)5-3-13-2-4-15-16(10-13)26-9-8-25-15/h2,4,10,12,14H,3,5-9,11H2,1H3. The van der Waals surface area contributed by atoms with Crippen LogP contribution >= 0.6 is 0 Å².